The van der Waals surface area contributed by atoms with Crippen molar-refractivity contribution in [3.8, 4) is 5.75 Å². The van der Waals surface area contributed by atoms with E-state index >= 15 is 0 Å². The lowest BCUT2D eigenvalue weighted by Crippen LogP contribution is -2.26. The highest BCUT2D eigenvalue weighted by atomic mass is 35.5. The van der Waals surface area contributed by atoms with E-state index in [9.17, 15) is 4.39 Å². The van der Waals surface area contributed by atoms with Crippen LogP contribution in [0.2, 0.25) is 0 Å². The monoisotopic (exact) mass is 299 g/mol. The van der Waals surface area contributed by atoms with Crippen LogP contribution >= 0.6 is 12.4 Å². The second kappa shape index (κ2) is 7.28. The molecule has 2 aliphatic rings. The van der Waals surface area contributed by atoms with Gasteiger partial charge in [0, 0.05) is 6.07 Å². The molecule has 112 valence electrons. The lowest BCUT2D eigenvalue weighted by molar-refractivity contribution is 0.209. The molecule has 1 aromatic carbocycles. The standard InChI is InChI=1S/C16H22FNO.ClH/c17-14-9-13(12-5-7-18-8-6-12)10-16(11-14)19-15-3-1-2-4-15;/h9-12,15,18H,1-8H2;1H. The van der Waals surface area contributed by atoms with Crippen LogP contribution in [0.25, 0.3) is 0 Å². The van der Waals surface area contributed by atoms with Crippen molar-refractivity contribution in [2.45, 2.75) is 50.5 Å². The third-order valence-electron chi connectivity index (χ3n) is 4.31. The number of rotatable bonds is 3. The normalized spacial score (nSPS) is 20.6. The van der Waals surface area contributed by atoms with Gasteiger partial charge in [-0.05, 0) is 75.2 Å². The zero-order chi connectivity index (χ0) is 13.1. The molecule has 1 aromatic rings. The van der Waals surface area contributed by atoms with E-state index in [0.29, 0.717) is 12.0 Å². The van der Waals surface area contributed by atoms with E-state index in [0.717, 1.165) is 50.1 Å². The van der Waals surface area contributed by atoms with Crippen molar-refractivity contribution < 1.29 is 9.13 Å². The van der Waals surface area contributed by atoms with Gasteiger partial charge in [0.2, 0.25) is 0 Å². The first-order chi connectivity index (χ1) is 9.31. The molecule has 1 saturated heterocycles. The lowest BCUT2D eigenvalue weighted by Gasteiger charge is -2.24. The Kier molecular flexibility index (Phi) is 5.67. The van der Waals surface area contributed by atoms with Gasteiger partial charge in [-0.15, -0.1) is 12.4 Å². The highest BCUT2D eigenvalue weighted by Crippen LogP contribution is 2.31. The Labute approximate surface area is 126 Å². The molecule has 1 saturated carbocycles. The fourth-order valence-corrected chi connectivity index (χ4v) is 3.24. The average Bonchev–Trinajstić information content (AvgIpc) is 2.92. The molecule has 0 atom stereocenters. The zero-order valence-electron chi connectivity index (χ0n) is 11.7. The third kappa shape index (κ3) is 3.86. The molecule has 4 heteroatoms. The molecule has 2 nitrogen and oxygen atoms in total. The average molecular weight is 300 g/mol. The number of benzene rings is 1. The van der Waals surface area contributed by atoms with Crippen LogP contribution in [0, 0.1) is 5.82 Å². The quantitative estimate of drug-likeness (QED) is 0.909. The minimum Gasteiger partial charge on any atom is -0.490 e. The number of ether oxygens (including phenoxy) is 1. The van der Waals surface area contributed by atoms with Crippen LogP contribution in [0.5, 0.6) is 5.75 Å². The number of piperidine rings is 1. The third-order valence-corrected chi connectivity index (χ3v) is 4.31. The van der Waals surface area contributed by atoms with Gasteiger partial charge in [-0.2, -0.15) is 0 Å². The molecular weight excluding hydrogens is 277 g/mol. The van der Waals surface area contributed by atoms with Crippen LogP contribution in [0.15, 0.2) is 18.2 Å². The number of nitrogens with one attached hydrogen (secondary N) is 1. The Morgan fingerprint density at radius 3 is 2.40 bits per heavy atom. The Morgan fingerprint density at radius 2 is 1.70 bits per heavy atom. The van der Waals surface area contributed by atoms with E-state index in [4.69, 9.17) is 4.74 Å². The van der Waals surface area contributed by atoms with Gasteiger partial charge < -0.3 is 10.1 Å². The summed E-state index contributed by atoms with van der Waals surface area (Å²) in [4.78, 5) is 0. The number of hydrogen-bond acceptors (Lipinski definition) is 2. The van der Waals surface area contributed by atoms with E-state index in [-0.39, 0.29) is 18.2 Å². The molecule has 0 aromatic heterocycles. The molecule has 0 spiro atoms. The van der Waals surface area contributed by atoms with Gasteiger partial charge in [0.05, 0.1) is 6.10 Å². The van der Waals surface area contributed by atoms with Gasteiger partial charge in [0.1, 0.15) is 11.6 Å². The summed E-state index contributed by atoms with van der Waals surface area (Å²) in [5, 5.41) is 3.35. The lowest BCUT2D eigenvalue weighted by atomic mass is 9.90. The van der Waals surface area contributed by atoms with E-state index < -0.39 is 0 Å². The molecule has 1 aliphatic heterocycles. The Morgan fingerprint density at radius 1 is 1.00 bits per heavy atom. The minimum absolute atomic E-state index is 0. The predicted molar refractivity (Wildman–Crippen MR) is 81.4 cm³/mol. The summed E-state index contributed by atoms with van der Waals surface area (Å²) < 4.78 is 19.7. The van der Waals surface area contributed by atoms with Crippen molar-refractivity contribution in [2.24, 2.45) is 0 Å². The maximum atomic E-state index is 13.8. The summed E-state index contributed by atoms with van der Waals surface area (Å²) >= 11 is 0. The van der Waals surface area contributed by atoms with Crippen molar-refractivity contribution in [3.63, 3.8) is 0 Å². The SMILES string of the molecule is Cl.Fc1cc(OC2CCCC2)cc(C2CCNCC2)c1. The second-order valence-corrected chi connectivity index (χ2v) is 5.77. The van der Waals surface area contributed by atoms with E-state index in [1.54, 1.807) is 6.07 Å². The fourth-order valence-electron chi connectivity index (χ4n) is 3.24. The van der Waals surface area contributed by atoms with Gasteiger partial charge >= 0.3 is 0 Å². The fraction of sp³-hybridized carbons (Fsp3) is 0.625. The Hall–Kier alpha value is -0.800. The first-order valence-corrected chi connectivity index (χ1v) is 7.49. The number of halogens is 2. The van der Waals surface area contributed by atoms with Crippen LogP contribution in [-0.2, 0) is 0 Å². The van der Waals surface area contributed by atoms with Crippen molar-refractivity contribution in [1.82, 2.24) is 5.32 Å². The van der Waals surface area contributed by atoms with Crippen molar-refractivity contribution in [2.75, 3.05) is 13.1 Å². The second-order valence-electron chi connectivity index (χ2n) is 5.77. The summed E-state index contributed by atoms with van der Waals surface area (Å²) in [6.07, 6.45) is 7.17. The molecule has 0 amide bonds. The maximum absolute atomic E-state index is 13.8. The van der Waals surface area contributed by atoms with E-state index in [2.05, 4.69) is 11.4 Å². The summed E-state index contributed by atoms with van der Waals surface area (Å²) in [5.41, 5.74) is 1.11. The van der Waals surface area contributed by atoms with Gasteiger partial charge in [0.15, 0.2) is 0 Å². The first-order valence-electron chi connectivity index (χ1n) is 7.49. The van der Waals surface area contributed by atoms with Crippen LogP contribution in [-0.4, -0.2) is 19.2 Å². The molecule has 1 aliphatic carbocycles. The maximum Gasteiger partial charge on any atom is 0.127 e. The molecule has 3 rings (SSSR count). The summed E-state index contributed by atoms with van der Waals surface area (Å²) in [5.74, 6) is 1.03. The van der Waals surface area contributed by atoms with Crippen LogP contribution in [0.1, 0.15) is 50.0 Å². The van der Waals surface area contributed by atoms with Crippen LogP contribution < -0.4 is 10.1 Å². The number of hydrogen-bond donors (Lipinski definition) is 1. The van der Waals surface area contributed by atoms with Crippen molar-refractivity contribution in [1.29, 1.82) is 0 Å². The molecule has 1 N–H and O–H groups in total. The Bertz CT molecular complexity index is 428. The smallest absolute Gasteiger partial charge is 0.127 e. The highest BCUT2D eigenvalue weighted by Gasteiger charge is 2.19. The summed E-state index contributed by atoms with van der Waals surface area (Å²) in [6, 6.07) is 5.26. The molecular formula is C16H23ClFNO. The molecule has 20 heavy (non-hydrogen) atoms. The van der Waals surface area contributed by atoms with Gasteiger partial charge in [-0.1, -0.05) is 0 Å². The van der Waals surface area contributed by atoms with Gasteiger partial charge in [0.25, 0.3) is 0 Å². The van der Waals surface area contributed by atoms with Crippen molar-refractivity contribution in [3.05, 3.63) is 29.6 Å². The topological polar surface area (TPSA) is 21.3 Å². The predicted octanol–water partition coefficient (Wildman–Crippen LogP) is 4.04. The molecule has 0 radical (unpaired) electrons. The summed E-state index contributed by atoms with van der Waals surface area (Å²) in [7, 11) is 0. The minimum atomic E-state index is -0.163. The van der Waals surface area contributed by atoms with Crippen LogP contribution in [0.3, 0.4) is 0 Å². The largest absolute Gasteiger partial charge is 0.490 e. The molecule has 0 bridgehead atoms. The molecule has 2 fully saturated rings. The summed E-state index contributed by atoms with van der Waals surface area (Å²) in [6.45, 7) is 2.06. The zero-order valence-corrected chi connectivity index (χ0v) is 12.6. The highest BCUT2D eigenvalue weighted by molar-refractivity contribution is 5.85. The first kappa shape index (κ1) is 15.6. The van der Waals surface area contributed by atoms with E-state index in [1.165, 1.54) is 18.9 Å². The van der Waals surface area contributed by atoms with Crippen LogP contribution in [0.4, 0.5) is 4.39 Å². The molecule has 1 heterocycles. The Balaban J connectivity index is 0.00000147. The van der Waals surface area contributed by atoms with Gasteiger partial charge in [-0.3, -0.25) is 0 Å². The van der Waals surface area contributed by atoms with E-state index in [1.807, 2.05) is 0 Å². The molecule has 0 unspecified atom stereocenters. The van der Waals surface area contributed by atoms with Gasteiger partial charge in [-0.25, -0.2) is 4.39 Å². The van der Waals surface area contributed by atoms with Crippen molar-refractivity contribution >= 4 is 12.4 Å².